The van der Waals surface area contributed by atoms with E-state index < -0.39 is 28.5 Å². The third kappa shape index (κ3) is 8.23. The highest BCUT2D eigenvalue weighted by atomic mass is 79.9. The zero-order valence-corrected chi connectivity index (χ0v) is 28.0. The normalized spacial score (nSPS) is 11.8. The molecule has 0 saturated carbocycles. The van der Waals surface area contributed by atoms with E-state index in [1.165, 1.54) is 31.2 Å². The highest BCUT2D eigenvalue weighted by Gasteiger charge is 2.34. The Bertz CT molecular complexity index is 1730. The quantitative estimate of drug-likeness (QED) is 0.202. The molecule has 4 rings (SSSR count). The van der Waals surface area contributed by atoms with E-state index in [0.717, 1.165) is 15.4 Å². The Balaban J connectivity index is 1.80. The van der Waals surface area contributed by atoms with Crippen molar-refractivity contribution in [2.45, 2.75) is 30.8 Å². The zero-order valence-electron chi connectivity index (χ0n) is 25.6. The summed E-state index contributed by atoms with van der Waals surface area (Å²) in [6.45, 7) is 1.37. The largest absolute Gasteiger partial charge is 0.497 e. The Labute approximate surface area is 273 Å². The first-order chi connectivity index (χ1) is 21.6. The van der Waals surface area contributed by atoms with Crippen LogP contribution in [-0.4, -0.2) is 59.0 Å². The van der Waals surface area contributed by atoms with Gasteiger partial charge < -0.3 is 19.7 Å². The predicted molar refractivity (Wildman–Crippen MR) is 178 cm³/mol. The van der Waals surface area contributed by atoms with Crippen LogP contribution in [0.2, 0.25) is 0 Å². The van der Waals surface area contributed by atoms with Crippen LogP contribution < -0.4 is 19.1 Å². The van der Waals surface area contributed by atoms with Crippen LogP contribution in [0.5, 0.6) is 11.5 Å². The maximum atomic E-state index is 14.4. The Hall–Kier alpha value is -4.35. The number of ether oxygens (including phenoxy) is 2. The molecule has 0 radical (unpaired) electrons. The number of nitrogens with one attached hydrogen (secondary N) is 1. The van der Waals surface area contributed by atoms with E-state index in [4.69, 9.17) is 9.47 Å². The van der Waals surface area contributed by atoms with Gasteiger partial charge in [0.1, 0.15) is 24.1 Å². The fraction of sp³-hybridized carbons (Fsp3) is 0.235. The van der Waals surface area contributed by atoms with Crippen LogP contribution in [0.3, 0.4) is 0 Å². The molecule has 4 aromatic rings. The van der Waals surface area contributed by atoms with Gasteiger partial charge in [-0.2, -0.15) is 0 Å². The van der Waals surface area contributed by atoms with Crippen LogP contribution >= 0.6 is 15.9 Å². The van der Waals surface area contributed by atoms with E-state index in [9.17, 15) is 18.0 Å². The molecule has 0 aliphatic heterocycles. The zero-order chi connectivity index (χ0) is 32.6. The van der Waals surface area contributed by atoms with Crippen molar-refractivity contribution in [3.63, 3.8) is 0 Å². The number of aryl methyl sites for hydroxylation is 1. The SMILES string of the molecule is CNC(=O)[C@@H](Cc1ccccc1)N(Cc1cccc(OC)c1)C(=O)CN(c1ccc(C)cc1)S(=O)(=O)c1ccc(OC)c(Br)c1. The molecular formula is C34H36BrN3O6S. The van der Waals surface area contributed by atoms with Crippen LogP contribution in [0.1, 0.15) is 16.7 Å². The monoisotopic (exact) mass is 693 g/mol. The first kappa shape index (κ1) is 33.5. The molecule has 0 aliphatic rings. The smallest absolute Gasteiger partial charge is 0.264 e. The lowest BCUT2D eigenvalue weighted by atomic mass is 10.0. The van der Waals surface area contributed by atoms with Crippen molar-refractivity contribution in [2.75, 3.05) is 32.1 Å². The molecule has 1 atom stereocenters. The number of methoxy groups -OCH3 is 2. The van der Waals surface area contributed by atoms with Crippen LogP contribution in [0, 0.1) is 6.92 Å². The van der Waals surface area contributed by atoms with Crippen LogP contribution in [0.15, 0.2) is 106 Å². The number of anilines is 1. The Morgan fingerprint density at radius 1 is 0.867 bits per heavy atom. The van der Waals surface area contributed by atoms with E-state index in [2.05, 4.69) is 21.2 Å². The van der Waals surface area contributed by atoms with Gasteiger partial charge in [-0.05, 0) is 76.4 Å². The van der Waals surface area contributed by atoms with E-state index in [-0.39, 0.29) is 23.8 Å². The number of hydrogen-bond donors (Lipinski definition) is 1. The van der Waals surface area contributed by atoms with Crippen molar-refractivity contribution < 1.29 is 27.5 Å². The van der Waals surface area contributed by atoms with Crippen molar-refractivity contribution in [1.82, 2.24) is 10.2 Å². The fourth-order valence-electron chi connectivity index (χ4n) is 4.86. The number of nitrogens with zero attached hydrogens (tertiary/aromatic N) is 2. The molecule has 0 spiro atoms. The number of carbonyl (C=O) groups excluding carboxylic acids is 2. The minimum absolute atomic E-state index is 0.0324. The van der Waals surface area contributed by atoms with Crippen molar-refractivity contribution in [3.8, 4) is 11.5 Å². The molecular weight excluding hydrogens is 658 g/mol. The molecule has 0 bridgehead atoms. The number of benzene rings is 4. The third-order valence-electron chi connectivity index (χ3n) is 7.32. The molecule has 1 N–H and O–H groups in total. The van der Waals surface area contributed by atoms with Gasteiger partial charge in [0.25, 0.3) is 10.0 Å². The first-order valence-corrected chi connectivity index (χ1v) is 16.4. The molecule has 236 valence electrons. The van der Waals surface area contributed by atoms with Gasteiger partial charge in [-0.3, -0.25) is 13.9 Å². The Kier molecular flexibility index (Phi) is 11.2. The summed E-state index contributed by atoms with van der Waals surface area (Å²) >= 11 is 3.37. The average molecular weight is 695 g/mol. The van der Waals surface area contributed by atoms with Gasteiger partial charge in [-0.25, -0.2) is 8.42 Å². The highest BCUT2D eigenvalue weighted by Crippen LogP contribution is 2.31. The maximum Gasteiger partial charge on any atom is 0.264 e. The molecule has 9 nitrogen and oxygen atoms in total. The highest BCUT2D eigenvalue weighted by molar-refractivity contribution is 9.10. The summed E-state index contributed by atoms with van der Waals surface area (Å²) in [6, 6.07) is 26.9. The Morgan fingerprint density at radius 3 is 2.18 bits per heavy atom. The molecule has 4 aromatic carbocycles. The van der Waals surface area contributed by atoms with Crippen molar-refractivity contribution >= 4 is 43.5 Å². The average Bonchev–Trinajstić information content (AvgIpc) is 3.05. The van der Waals surface area contributed by atoms with Crippen molar-refractivity contribution in [2.24, 2.45) is 0 Å². The molecule has 2 amide bonds. The number of likely N-dealkylation sites (N-methyl/N-ethyl adjacent to an activating group) is 1. The van der Waals surface area contributed by atoms with Gasteiger partial charge in [0.15, 0.2) is 0 Å². The Morgan fingerprint density at radius 2 is 1.56 bits per heavy atom. The molecule has 0 saturated heterocycles. The second kappa shape index (κ2) is 15.1. The lowest BCUT2D eigenvalue weighted by Gasteiger charge is -2.33. The van der Waals surface area contributed by atoms with E-state index in [0.29, 0.717) is 27.2 Å². The fourth-order valence-corrected chi connectivity index (χ4v) is 7.00. The van der Waals surface area contributed by atoms with Gasteiger partial charge in [0.2, 0.25) is 11.8 Å². The summed E-state index contributed by atoms with van der Waals surface area (Å²) in [5, 5.41) is 2.69. The summed E-state index contributed by atoms with van der Waals surface area (Å²) in [6.07, 6.45) is 0.221. The second-order valence-corrected chi connectivity index (χ2v) is 13.1. The van der Waals surface area contributed by atoms with Crippen molar-refractivity contribution in [1.29, 1.82) is 0 Å². The standard InChI is InChI=1S/C34H36BrN3O6S/c1-24-13-15-27(16-14-24)38(45(41,42)29-17-18-32(44-4)30(35)21-29)23-33(39)37(22-26-11-8-12-28(19-26)43-3)31(34(40)36-2)20-25-9-6-5-7-10-25/h5-19,21,31H,20,22-23H2,1-4H3,(H,36,40)/t31-/m1/s1. The second-order valence-electron chi connectivity index (χ2n) is 10.3. The van der Waals surface area contributed by atoms with Gasteiger partial charge in [-0.15, -0.1) is 0 Å². The van der Waals surface area contributed by atoms with Crippen LogP contribution in [0.4, 0.5) is 5.69 Å². The summed E-state index contributed by atoms with van der Waals surface area (Å²) in [4.78, 5) is 29.2. The number of halogens is 1. The summed E-state index contributed by atoms with van der Waals surface area (Å²) in [5.74, 6) is 0.122. The van der Waals surface area contributed by atoms with Gasteiger partial charge in [0, 0.05) is 20.0 Å². The third-order valence-corrected chi connectivity index (χ3v) is 9.71. The minimum Gasteiger partial charge on any atom is -0.497 e. The molecule has 0 fully saturated rings. The van der Waals surface area contributed by atoms with Crippen LogP contribution in [0.25, 0.3) is 0 Å². The number of carbonyl (C=O) groups is 2. The number of sulfonamides is 1. The lowest BCUT2D eigenvalue weighted by Crippen LogP contribution is -2.53. The molecule has 0 unspecified atom stereocenters. The van der Waals surface area contributed by atoms with Crippen molar-refractivity contribution in [3.05, 3.63) is 118 Å². The minimum atomic E-state index is -4.26. The van der Waals surface area contributed by atoms with E-state index in [1.807, 2.05) is 43.3 Å². The van der Waals surface area contributed by atoms with E-state index >= 15 is 0 Å². The maximum absolute atomic E-state index is 14.4. The number of amides is 2. The summed E-state index contributed by atoms with van der Waals surface area (Å²) < 4.78 is 40.6. The molecule has 0 heterocycles. The number of hydrogen-bond acceptors (Lipinski definition) is 6. The van der Waals surface area contributed by atoms with E-state index in [1.54, 1.807) is 55.6 Å². The summed E-state index contributed by atoms with van der Waals surface area (Å²) in [7, 11) is 0.291. The lowest BCUT2D eigenvalue weighted by molar-refractivity contribution is -0.139. The van der Waals surface area contributed by atoms with Crippen LogP contribution in [-0.2, 0) is 32.6 Å². The van der Waals surface area contributed by atoms with Gasteiger partial charge in [0.05, 0.1) is 29.3 Å². The predicted octanol–water partition coefficient (Wildman–Crippen LogP) is 5.36. The topological polar surface area (TPSA) is 105 Å². The van der Waals surface area contributed by atoms with Gasteiger partial charge in [-0.1, -0.05) is 60.2 Å². The molecule has 0 aromatic heterocycles. The van der Waals surface area contributed by atoms with Gasteiger partial charge >= 0.3 is 0 Å². The molecule has 0 aliphatic carbocycles. The number of rotatable bonds is 13. The summed E-state index contributed by atoms with van der Waals surface area (Å²) in [5.41, 5.74) is 2.80. The molecule has 45 heavy (non-hydrogen) atoms. The molecule has 11 heteroatoms. The first-order valence-electron chi connectivity index (χ1n) is 14.2.